The molecule has 0 spiro atoms. The average Bonchev–Trinajstić information content (AvgIpc) is 2.76. The number of nitrogens with one attached hydrogen (secondary N) is 1. The van der Waals surface area contributed by atoms with Crippen LogP contribution in [0.4, 0.5) is 0 Å². The molecule has 2 rings (SSSR count). The molecule has 0 aliphatic carbocycles. The monoisotopic (exact) mass is 400 g/mol. The summed E-state index contributed by atoms with van der Waals surface area (Å²) in [6, 6.07) is 5.87. The number of halogens is 3. The van der Waals surface area contributed by atoms with Crippen LogP contribution in [0.5, 0.6) is 0 Å². The molecule has 3 N–H and O–H groups in total. The molecule has 0 fully saturated rings. The van der Waals surface area contributed by atoms with Crippen molar-refractivity contribution in [1.29, 1.82) is 0 Å². The van der Waals surface area contributed by atoms with E-state index in [0.717, 1.165) is 22.3 Å². The lowest BCUT2D eigenvalue weighted by Crippen LogP contribution is -2.28. The van der Waals surface area contributed by atoms with Gasteiger partial charge in [0, 0.05) is 10.4 Å². The van der Waals surface area contributed by atoms with Crippen molar-refractivity contribution in [3.8, 4) is 0 Å². The molecule has 1 atom stereocenters. The molecule has 2 aromatic rings. The normalized spacial score (nSPS) is 13.0. The van der Waals surface area contributed by atoms with Crippen LogP contribution in [0.2, 0.25) is 4.34 Å². The maximum absolute atomic E-state index is 5.93. The molecule has 0 aliphatic heterocycles. The Bertz CT molecular complexity index is 497. The fourth-order valence-corrected chi connectivity index (χ4v) is 5.40. The van der Waals surface area contributed by atoms with E-state index in [-0.39, 0.29) is 6.04 Å². The minimum atomic E-state index is -0.0329. The Morgan fingerprint density at radius 1 is 1.31 bits per heavy atom. The van der Waals surface area contributed by atoms with Gasteiger partial charge >= 0.3 is 0 Å². The van der Waals surface area contributed by atoms with Gasteiger partial charge in [0.1, 0.15) is 0 Å². The van der Waals surface area contributed by atoms with Crippen LogP contribution in [0.1, 0.15) is 16.5 Å². The SMILES string of the molecule is NNC(c1ccc(Cl)s1)c1cc(Br)sc1Br. The number of thiophene rings is 2. The Morgan fingerprint density at radius 3 is 2.50 bits per heavy atom. The molecular weight excluding hydrogens is 396 g/mol. The largest absolute Gasteiger partial charge is 0.271 e. The third-order valence-electron chi connectivity index (χ3n) is 2.04. The first-order valence-electron chi connectivity index (χ1n) is 4.28. The van der Waals surface area contributed by atoms with Gasteiger partial charge in [-0.05, 0) is 50.1 Å². The predicted molar refractivity (Wildman–Crippen MR) is 78.2 cm³/mol. The zero-order valence-corrected chi connectivity index (χ0v) is 13.4. The van der Waals surface area contributed by atoms with Gasteiger partial charge < -0.3 is 0 Å². The minimum Gasteiger partial charge on any atom is -0.271 e. The number of nitrogens with two attached hydrogens (primary N) is 1. The lowest BCUT2D eigenvalue weighted by molar-refractivity contribution is 0.646. The second kappa shape index (κ2) is 5.48. The number of hydrogen-bond acceptors (Lipinski definition) is 4. The number of hydrazine groups is 1. The molecule has 2 aromatic heterocycles. The summed E-state index contributed by atoms with van der Waals surface area (Å²) < 4.78 is 2.89. The third-order valence-corrected chi connectivity index (χ3v) is 5.72. The minimum absolute atomic E-state index is 0.0329. The first-order chi connectivity index (χ1) is 7.61. The highest BCUT2D eigenvalue weighted by Crippen LogP contribution is 2.39. The Kier molecular flexibility index (Phi) is 4.45. The molecule has 0 aromatic carbocycles. The lowest BCUT2D eigenvalue weighted by atomic mass is 10.1. The molecular formula is C9H7Br2ClN2S2. The Hall–Kier alpha value is 0.570. The van der Waals surface area contributed by atoms with Crippen molar-refractivity contribution in [3.63, 3.8) is 0 Å². The van der Waals surface area contributed by atoms with Gasteiger partial charge in [-0.15, -0.1) is 22.7 Å². The highest BCUT2D eigenvalue weighted by atomic mass is 79.9. The van der Waals surface area contributed by atoms with E-state index in [0.29, 0.717) is 0 Å². The molecule has 2 heterocycles. The van der Waals surface area contributed by atoms with Crippen LogP contribution in [0.25, 0.3) is 0 Å². The fraction of sp³-hybridized carbons (Fsp3) is 0.111. The average molecular weight is 403 g/mol. The van der Waals surface area contributed by atoms with Crippen LogP contribution in [0.15, 0.2) is 25.8 Å². The van der Waals surface area contributed by atoms with Gasteiger partial charge in [-0.3, -0.25) is 5.84 Å². The van der Waals surface area contributed by atoms with Crippen molar-refractivity contribution in [3.05, 3.63) is 40.5 Å². The summed E-state index contributed by atoms with van der Waals surface area (Å²) in [6.45, 7) is 0. The predicted octanol–water partition coefficient (Wildman–Crippen LogP) is 4.54. The van der Waals surface area contributed by atoms with E-state index >= 15 is 0 Å². The quantitative estimate of drug-likeness (QED) is 0.584. The Morgan fingerprint density at radius 2 is 2.06 bits per heavy atom. The van der Waals surface area contributed by atoms with Gasteiger partial charge in [-0.2, -0.15) is 0 Å². The molecule has 86 valence electrons. The van der Waals surface area contributed by atoms with Crippen LogP contribution >= 0.6 is 66.1 Å². The molecule has 7 heteroatoms. The molecule has 2 nitrogen and oxygen atoms in total. The summed E-state index contributed by atoms with van der Waals surface area (Å²) >= 11 is 16.1. The molecule has 16 heavy (non-hydrogen) atoms. The summed E-state index contributed by atoms with van der Waals surface area (Å²) in [5, 5.41) is 0. The molecule has 0 bridgehead atoms. The highest BCUT2D eigenvalue weighted by Gasteiger charge is 2.19. The van der Waals surface area contributed by atoms with E-state index in [2.05, 4.69) is 37.3 Å². The van der Waals surface area contributed by atoms with E-state index in [1.807, 2.05) is 18.2 Å². The van der Waals surface area contributed by atoms with Crippen molar-refractivity contribution in [2.75, 3.05) is 0 Å². The van der Waals surface area contributed by atoms with Gasteiger partial charge in [0.15, 0.2) is 0 Å². The standard InChI is InChI=1S/C9H7Br2ClN2S2/c10-6-3-4(9(11)16-6)8(14-13)5-1-2-7(12)15-5/h1-3,8,14H,13H2. The van der Waals surface area contributed by atoms with E-state index in [1.165, 1.54) is 11.3 Å². The van der Waals surface area contributed by atoms with Gasteiger partial charge in [-0.1, -0.05) is 11.6 Å². The van der Waals surface area contributed by atoms with Gasteiger partial charge in [0.25, 0.3) is 0 Å². The van der Waals surface area contributed by atoms with Gasteiger partial charge in [0.05, 0.1) is 18.0 Å². The van der Waals surface area contributed by atoms with E-state index < -0.39 is 0 Å². The summed E-state index contributed by atoms with van der Waals surface area (Å²) in [6.07, 6.45) is 0. The zero-order chi connectivity index (χ0) is 11.7. The summed E-state index contributed by atoms with van der Waals surface area (Å²) in [4.78, 5) is 1.10. The fourth-order valence-electron chi connectivity index (χ4n) is 1.36. The van der Waals surface area contributed by atoms with Crippen LogP contribution in [0, 0.1) is 0 Å². The maximum atomic E-state index is 5.93. The molecule has 1 unspecified atom stereocenters. The van der Waals surface area contributed by atoms with Crippen molar-refractivity contribution < 1.29 is 0 Å². The molecule has 0 aliphatic rings. The molecule has 0 saturated heterocycles. The highest BCUT2D eigenvalue weighted by molar-refractivity contribution is 9.12. The zero-order valence-electron chi connectivity index (χ0n) is 7.84. The summed E-state index contributed by atoms with van der Waals surface area (Å²) in [5.74, 6) is 5.61. The summed E-state index contributed by atoms with van der Waals surface area (Å²) in [5.41, 5.74) is 3.92. The molecule has 0 amide bonds. The second-order valence-corrected chi connectivity index (χ2v) is 8.52. The third kappa shape index (κ3) is 2.69. The Balaban J connectivity index is 2.40. The number of hydrogen-bond donors (Lipinski definition) is 2. The number of rotatable bonds is 3. The van der Waals surface area contributed by atoms with Crippen LogP contribution in [-0.4, -0.2) is 0 Å². The van der Waals surface area contributed by atoms with Gasteiger partial charge in [0.2, 0.25) is 0 Å². The summed E-state index contributed by atoms with van der Waals surface area (Å²) in [7, 11) is 0. The Labute approximate surface area is 123 Å². The van der Waals surface area contributed by atoms with Crippen molar-refractivity contribution in [2.45, 2.75) is 6.04 Å². The van der Waals surface area contributed by atoms with E-state index in [4.69, 9.17) is 17.4 Å². The van der Waals surface area contributed by atoms with Gasteiger partial charge in [-0.25, -0.2) is 5.43 Å². The first-order valence-corrected chi connectivity index (χ1v) is 7.87. The lowest BCUT2D eigenvalue weighted by Gasteiger charge is -2.13. The first kappa shape index (κ1) is 13.0. The van der Waals surface area contributed by atoms with Crippen molar-refractivity contribution in [1.82, 2.24) is 5.43 Å². The van der Waals surface area contributed by atoms with Crippen LogP contribution < -0.4 is 11.3 Å². The molecule has 0 saturated carbocycles. The molecule has 0 radical (unpaired) electrons. The topological polar surface area (TPSA) is 38.0 Å². The van der Waals surface area contributed by atoms with Crippen LogP contribution in [-0.2, 0) is 0 Å². The van der Waals surface area contributed by atoms with E-state index in [9.17, 15) is 0 Å². The second-order valence-electron chi connectivity index (χ2n) is 3.02. The maximum Gasteiger partial charge on any atom is 0.0931 e. The van der Waals surface area contributed by atoms with Crippen molar-refractivity contribution >= 4 is 66.1 Å². The van der Waals surface area contributed by atoms with Crippen molar-refractivity contribution in [2.24, 2.45) is 5.84 Å². The smallest absolute Gasteiger partial charge is 0.0931 e. The van der Waals surface area contributed by atoms with E-state index in [1.54, 1.807) is 11.3 Å². The van der Waals surface area contributed by atoms with Crippen LogP contribution in [0.3, 0.4) is 0 Å².